The molecule has 0 aliphatic rings. The van der Waals surface area contributed by atoms with E-state index >= 15 is 0 Å². The van der Waals surface area contributed by atoms with E-state index in [9.17, 15) is 13.2 Å². The fraction of sp³-hybridized carbons (Fsp3) is 0.143. The third-order valence-electron chi connectivity index (χ3n) is 2.54. The lowest BCUT2D eigenvalue weighted by molar-refractivity contribution is -0.274. The SMILES string of the molecule is Cc1ccc(-c2ccc(OC(F)(F)F)cc2Br)cc1. The van der Waals surface area contributed by atoms with Crippen molar-refractivity contribution in [3.63, 3.8) is 0 Å². The van der Waals surface area contributed by atoms with Crippen LogP contribution in [0.5, 0.6) is 5.75 Å². The molecule has 2 rings (SSSR count). The molecule has 0 fully saturated rings. The molecule has 0 N–H and O–H groups in total. The van der Waals surface area contributed by atoms with E-state index in [0.29, 0.717) is 4.47 Å². The van der Waals surface area contributed by atoms with Gasteiger partial charge in [-0.2, -0.15) is 0 Å². The molecule has 19 heavy (non-hydrogen) atoms. The van der Waals surface area contributed by atoms with Crippen LogP contribution >= 0.6 is 15.9 Å². The first kappa shape index (κ1) is 13.9. The topological polar surface area (TPSA) is 9.23 Å². The van der Waals surface area contributed by atoms with Crippen LogP contribution in [0.1, 0.15) is 5.56 Å². The second-order valence-electron chi connectivity index (χ2n) is 4.06. The summed E-state index contributed by atoms with van der Waals surface area (Å²) in [5.74, 6) is -0.241. The number of benzene rings is 2. The smallest absolute Gasteiger partial charge is 0.406 e. The van der Waals surface area contributed by atoms with Crippen molar-refractivity contribution < 1.29 is 17.9 Å². The zero-order valence-electron chi connectivity index (χ0n) is 9.96. The predicted molar refractivity (Wildman–Crippen MR) is 71.0 cm³/mol. The Labute approximate surface area is 117 Å². The first-order chi connectivity index (χ1) is 8.85. The Bertz CT molecular complexity index is 576. The fourth-order valence-corrected chi connectivity index (χ4v) is 2.25. The largest absolute Gasteiger partial charge is 0.573 e. The monoisotopic (exact) mass is 330 g/mol. The average Bonchev–Trinajstić information content (AvgIpc) is 2.29. The van der Waals surface area contributed by atoms with E-state index in [1.807, 2.05) is 31.2 Å². The van der Waals surface area contributed by atoms with Crippen molar-refractivity contribution in [3.8, 4) is 16.9 Å². The van der Waals surface area contributed by atoms with E-state index in [1.54, 1.807) is 6.07 Å². The molecule has 0 saturated carbocycles. The van der Waals surface area contributed by atoms with E-state index < -0.39 is 6.36 Å². The molecule has 0 bridgehead atoms. The number of aryl methyl sites for hydroxylation is 1. The van der Waals surface area contributed by atoms with Crippen LogP contribution in [0.25, 0.3) is 11.1 Å². The molecule has 0 heterocycles. The fourth-order valence-electron chi connectivity index (χ4n) is 1.66. The zero-order valence-corrected chi connectivity index (χ0v) is 11.5. The lowest BCUT2D eigenvalue weighted by Crippen LogP contribution is -2.17. The van der Waals surface area contributed by atoms with Crippen molar-refractivity contribution >= 4 is 15.9 Å². The van der Waals surface area contributed by atoms with Crippen LogP contribution in [0.15, 0.2) is 46.9 Å². The maximum absolute atomic E-state index is 12.1. The van der Waals surface area contributed by atoms with E-state index in [0.717, 1.165) is 16.7 Å². The second-order valence-corrected chi connectivity index (χ2v) is 4.91. The Morgan fingerprint density at radius 2 is 1.63 bits per heavy atom. The van der Waals surface area contributed by atoms with Gasteiger partial charge in [0, 0.05) is 4.47 Å². The summed E-state index contributed by atoms with van der Waals surface area (Å²) < 4.78 is 40.7. The first-order valence-corrected chi connectivity index (χ1v) is 6.27. The molecular formula is C14H10BrF3O. The van der Waals surface area contributed by atoms with Gasteiger partial charge in [0.1, 0.15) is 5.75 Å². The van der Waals surface area contributed by atoms with Gasteiger partial charge >= 0.3 is 6.36 Å². The van der Waals surface area contributed by atoms with Gasteiger partial charge in [-0.25, -0.2) is 0 Å². The number of hydrogen-bond donors (Lipinski definition) is 0. The van der Waals surface area contributed by atoms with E-state index in [1.165, 1.54) is 12.1 Å². The Balaban J connectivity index is 2.31. The summed E-state index contributed by atoms with van der Waals surface area (Å²) in [4.78, 5) is 0. The zero-order chi connectivity index (χ0) is 14.0. The maximum atomic E-state index is 12.1. The third kappa shape index (κ3) is 3.73. The first-order valence-electron chi connectivity index (χ1n) is 5.47. The number of alkyl halides is 3. The molecule has 0 aliphatic carbocycles. The standard InChI is InChI=1S/C14H10BrF3O/c1-9-2-4-10(5-3-9)12-7-6-11(8-13(12)15)19-14(16,17)18/h2-8H,1H3. The molecule has 0 amide bonds. The number of ether oxygens (including phenoxy) is 1. The number of halogens is 4. The van der Waals surface area contributed by atoms with Gasteiger partial charge in [-0.3, -0.25) is 0 Å². The normalized spacial score (nSPS) is 11.4. The molecule has 0 aromatic heterocycles. The summed E-state index contributed by atoms with van der Waals surface area (Å²) in [6, 6.07) is 11.9. The van der Waals surface area contributed by atoms with Gasteiger partial charge in [0.2, 0.25) is 0 Å². The Morgan fingerprint density at radius 1 is 1.00 bits per heavy atom. The Kier molecular flexibility index (Phi) is 3.85. The van der Waals surface area contributed by atoms with Gasteiger partial charge in [-0.1, -0.05) is 45.8 Å². The molecule has 2 aromatic carbocycles. The van der Waals surface area contributed by atoms with Gasteiger partial charge in [0.15, 0.2) is 0 Å². The van der Waals surface area contributed by atoms with Crippen molar-refractivity contribution in [1.29, 1.82) is 0 Å². The van der Waals surface area contributed by atoms with Crippen LogP contribution in [0.2, 0.25) is 0 Å². The van der Waals surface area contributed by atoms with Gasteiger partial charge < -0.3 is 4.74 Å². The molecule has 2 aromatic rings. The van der Waals surface area contributed by atoms with Crippen LogP contribution in [-0.4, -0.2) is 6.36 Å². The molecule has 0 atom stereocenters. The Morgan fingerprint density at radius 3 is 2.16 bits per heavy atom. The highest BCUT2D eigenvalue weighted by molar-refractivity contribution is 9.10. The van der Waals surface area contributed by atoms with Crippen LogP contribution < -0.4 is 4.74 Å². The summed E-state index contributed by atoms with van der Waals surface area (Å²) in [5, 5.41) is 0. The van der Waals surface area contributed by atoms with E-state index in [-0.39, 0.29) is 5.75 Å². The minimum absolute atomic E-state index is 0.241. The quantitative estimate of drug-likeness (QED) is 0.723. The van der Waals surface area contributed by atoms with E-state index in [2.05, 4.69) is 20.7 Å². The minimum Gasteiger partial charge on any atom is -0.406 e. The van der Waals surface area contributed by atoms with Gasteiger partial charge in [-0.05, 0) is 36.2 Å². The third-order valence-corrected chi connectivity index (χ3v) is 3.19. The highest BCUT2D eigenvalue weighted by Crippen LogP contribution is 2.33. The molecule has 1 nitrogen and oxygen atoms in total. The van der Waals surface area contributed by atoms with Crippen molar-refractivity contribution in [2.45, 2.75) is 13.3 Å². The molecule has 0 radical (unpaired) electrons. The van der Waals surface area contributed by atoms with Crippen molar-refractivity contribution in [2.75, 3.05) is 0 Å². The maximum Gasteiger partial charge on any atom is 0.573 e. The van der Waals surface area contributed by atoms with Gasteiger partial charge in [0.05, 0.1) is 0 Å². The molecule has 0 saturated heterocycles. The number of rotatable bonds is 2. The summed E-state index contributed by atoms with van der Waals surface area (Å²) in [6.45, 7) is 1.97. The van der Waals surface area contributed by atoms with Crippen molar-refractivity contribution in [1.82, 2.24) is 0 Å². The second kappa shape index (κ2) is 5.25. The van der Waals surface area contributed by atoms with Crippen LogP contribution in [0, 0.1) is 6.92 Å². The average molecular weight is 331 g/mol. The predicted octanol–water partition coefficient (Wildman–Crippen LogP) is 5.32. The summed E-state index contributed by atoms with van der Waals surface area (Å²) in [6.07, 6.45) is -4.68. The molecule has 0 aliphatic heterocycles. The van der Waals surface area contributed by atoms with Gasteiger partial charge in [-0.15, -0.1) is 13.2 Å². The van der Waals surface area contributed by atoms with Crippen LogP contribution in [-0.2, 0) is 0 Å². The molecule has 0 unspecified atom stereocenters. The molecule has 0 spiro atoms. The lowest BCUT2D eigenvalue weighted by Gasteiger charge is -2.11. The van der Waals surface area contributed by atoms with Gasteiger partial charge in [0.25, 0.3) is 0 Å². The summed E-state index contributed by atoms with van der Waals surface area (Å²) >= 11 is 3.26. The summed E-state index contributed by atoms with van der Waals surface area (Å²) in [5.41, 5.74) is 2.86. The Hall–Kier alpha value is -1.49. The van der Waals surface area contributed by atoms with Crippen molar-refractivity contribution in [3.05, 3.63) is 52.5 Å². The van der Waals surface area contributed by atoms with E-state index in [4.69, 9.17) is 0 Å². The van der Waals surface area contributed by atoms with Crippen LogP contribution in [0.4, 0.5) is 13.2 Å². The summed E-state index contributed by atoms with van der Waals surface area (Å²) in [7, 11) is 0. The number of hydrogen-bond acceptors (Lipinski definition) is 1. The minimum atomic E-state index is -4.68. The molecule has 5 heteroatoms. The molecule has 100 valence electrons. The lowest BCUT2D eigenvalue weighted by atomic mass is 10.0. The van der Waals surface area contributed by atoms with Crippen LogP contribution in [0.3, 0.4) is 0 Å². The molecular weight excluding hydrogens is 321 g/mol. The highest BCUT2D eigenvalue weighted by atomic mass is 79.9. The highest BCUT2D eigenvalue weighted by Gasteiger charge is 2.31. The van der Waals surface area contributed by atoms with Crippen molar-refractivity contribution in [2.24, 2.45) is 0 Å².